The monoisotopic (exact) mass is 1380 g/mol. The molecule has 2 aromatic carbocycles. The van der Waals surface area contributed by atoms with Crippen LogP contribution in [0, 0.1) is 59.2 Å². The molecule has 2 aromatic heterocycles. The zero-order valence-electron chi connectivity index (χ0n) is 64.5. The third-order valence-electron chi connectivity index (χ3n) is 20.0. The predicted octanol–water partition coefficient (Wildman–Crippen LogP) is 20.2. The van der Waals surface area contributed by atoms with Gasteiger partial charge in [-0.2, -0.15) is 0 Å². The molecular weight excluding hydrogens is 1250 g/mol. The molecule has 97 heavy (non-hydrogen) atoms. The first kappa shape index (κ1) is 85.9. The fourth-order valence-electron chi connectivity index (χ4n) is 12.6. The van der Waals surface area contributed by atoms with Crippen molar-refractivity contribution in [1.82, 2.24) is 0 Å². The zero-order chi connectivity index (χ0) is 73.3. The molecule has 0 aliphatic heterocycles. The molecule has 0 aliphatic rings. The number of fused-ring (bicyclic) bond motifs is 2. The number of carbonyl (C=O) groups is 1. The SMILES string of the molecule is CC/C=C\C(C)[C@H](O)[C@@H](C)[C@H](O[Si](C)(C)C(C)(C)C)[C@@H](C)C/C(C)=C\[C@H](C)[C@@H](OCOC)C(C)/C=C\c1ccc2oc(=O)ccc2c1.CC/C=C\C(C)[C@H](OC(N)=O)[C@@H](C)[C@H](O[Si](C)(C)C(C)(C)C)[C@@H](C)C/C(C)=C\[C@H](C)[C@@H](OCOC)C(C)/C=C\c1ccc2oc(=O)ccc2c1. The number of allylic oxidation sites excluding steroid dienone is 4. The first-order chi connectivity index (χ1) is 45.2. The molecule has 544 valence electrons. The van der Waals surface area contributed by atoms with Crippen molar-refractivity contribution in [1.29, 1.82) is 0 Å². The molecule has 0 bridgehead atoms. The van der Waals surface area contributed by atoms with E-state index in [0.29, 0.717) is 11.2 Å². The molecule has 4 unspecified atom stereocenters. The molecule has 0 saturated heterocycles. The third-order valence-corrected chi connectivity index (χ3v) is 29.0. The number of amides is 1. The van der Waals surface area contributed by atoms with Gasteiger partial charge in [-0.1, -0.05) is 209 Å². The van der Waals surface area contributed by atoms with E-state index in [1.165, 1.54) is 23.3 Å². The maximum atomic E-state index is 12.1. The number of carbonyl (C=O) groups excluding carboxylic acids is 1. The highest BCUT2D eigenvalue weighted by molar-refractivity contribution is 6.74. The molecule has 2 heterocycles. The van der Waals surface area contributed by atoms with Crippen LogP contribution in [0.1, 0.15) is 175 Å². The largest absolute Gasteiger partial charge is 0.445 e. The molecule has 0 aliphatic carbocycles. The zero-order valence-corrected chi connectivity index (χ0v) is 66.5. The molecule has 14 nitrogen and oxygen atoms in total. The maximum Gasteiger partial charge on any atom is 0.404 e. The number of ether oxygens (including phenoxy) is 5. The Kier molecular flexibility index (Phi) is 35.7. The molecule has 1 amide bonds. The first-order valence-corrected chi connectivity index (χ1v) is 41.4. The Bertz CT molecular complexity index is 3320. The fourth-order valence-corrected chi connectivity index (χ4v) is 15.6. The van der Waals surface area contributed by atoms with Crippen LogP contribution in [0.5, 0.6) is 0 Å². The van der Waals surface area contributed by atoms with Gasteiger partial charge in [-0.05, 0) is 135 Å². The lowest BCUT2D eigenvalue weighted by atomic mass is 9.81. The van der Waals surface area contributed by atoms with E-state index in [4.69, 9.17) is 47.1 Å². The van der Waals surface area contributed by atoms with Crippen LogP contribution < -0.4 is 17.0 Å². The van der Waals surface area contributed by atoms with Crippen LogP contribution in [0.2, 0.25) is 36.3 Å². The van der Waals surface area contributed by atoms with Crippen molar-refractivity contribution < 1.29 is 51.3 Å². The Balaban J connectivity index is 0.000000506. The van der Waals surface area contributed by atoms with Gasteiger partial charge in [0.05, 0.1) is 30.5 Å². The summed E-state index contributed by atoms with van der Waals surface area (Å²) < 4.78 is 53.8. The fraction of sp³-hybridized carbons (Fsp3) is 0.617. The van der Waals surface area contributed by atoms with Gasteiger partial charge in [-0.15, -0.1) is 0 Å². The normalized spacial score (nSPS) is 18.4. The molecule has 16 heteroatoms. The number of hydrogen-bond donors (Lipinski definition) is 2. The van der Waals surface area contributed by atoms with Gasteiger partial charge in [0, 0.05) is 84.5 Å². The second-order valence-electron chi connectivity index (χ2n) is 30.9. The van der Waals surface area contributed by atoms with E-state index < -0.39 is 34.9 Å². The lowest BCUT2D eigenvalue weighted by molar-refractivity contribution is -0.0948. The van der Waals surface area contributed by atoms with Gasteiger partial charge in [-0.25, -0.2) is 14.4 Å². The van der Waals surface area contributed by atoms with Crippen LogP contribution in [0.4, 0.5) is 4.79 Å². The van der Waals surface area contributed by atoms with Crippen molar-refractivity contribution in [2.24, 2.45) is 64.9 Å². The number of benzene rings is 2. The predicted molar refractivity (Wildman–Crippen MR) is 408 cm³/mol. The van der Waals surface area contributed by atoms with E-state index in [1.807, 2.05) is 36.4 Å². The van der Waals surface area contributed by atoms with Crippen LogP contribution >= 0.6 is 0 Å². The minimum atomic E-state index is -2.20. The van der Waals surface area contributed by atoms with E-state index in [-0.39, 0.29) is 119 Å². The van der Waals surface area contributed by atoms with Crippen LogP contribution in [-0.4, -0.2) is 92.3 Å². The summed E-state index contributed by atoms with van der Waals surface area (Å²) in [6.45, 7) is 53.4. The summed E-state index contributed by atoms with van der Waals surface area (Å²) in [6, 6.07) is 18.0. The van der Waals surface area contributed by atoms with Crippen molar-refractivity contribution in [3.8, 4) is 0 Å². The summed E-state index contributed by atoms with van der Waals surface area (Å²) in [5.41, 5.74) is 10.6. The van der Waals surface area contributed by atoms with Crippen molar-refractivity contribution in [3.05, 3.63) is 152 Å². The van der Waals surface area contributed by atoms with E-state index in [9.17, 15) is 19.5 Å². The molecule has 0 spiro atoms. The Morgan fingerprint density at radius 3 is 1.26 bits per heavy atom. The summed E-state index contributed by atoms with van der Waals surface area (Å²) in [6.07, 6.45) is 23.0. The van der Waals surface area contributed by atoms with E-state index >= 15 is 0 Å². The lowest BCUT2D eigenvalue weighted by Crippen LogP contribution is -2.50. The third kappa shape index (κ3) is 27.6. The highest BCUT2D eigenvalue weighted by Crippen LogP contribution is 2.43. The van der Waals surface area contributed by atoms with Gasteiger partial charge in [0.1, 0.15) is 30.9 Å². The molecule has 0 fully saturated rings. The van der Waals surface area contributed by atoms with E-state index in [0.717, 1.165) is 47.6 Å². The summed E-state index contributed by atoms with van der Waals surface area (Å²) in [4.78, 5) is 35.2. The van der Waals surface area contributed by atoms with E-state index in [1.54, 1.807) is 26.4 Å². The van der Waals surface area contributed by atoms with Crippen LogP contribution in [-0.2, 0) is 32.5 Å². The molecule has 3 N–H and O–H groups in total. The van der Waals surface area contributed by atoms with E-state index in [2.05, 4.69) is 225 Å². The number of primary amides is 1. The van der Waals surface area contributed by atoms with Gasteiger partial charge >= 0.3 is 17.3 Å². The van der Waals surface area contributed by atoms with Gasteiger partial charge in [0.25, 0.3) is 0 Å². The van der Waals surface area contributed by atoms with Gasteiger partial charge < -0.3 is 52.2 Å². The first-order valence-electron chi connectivity index (χ1n) is 35.6. The molecule has 4 rings (SSSR count). The number of aliphatic hydroxyl groups excluding tert-OH is 1. The summed E-state index contributed by atoms with van der Waals surface area (Å²) in [5, 5.41) is 13.3. The number of methoxy groups -OCH3 is 2. The number of aliphatic hydroxyl groups is 1. The molecule has 0 saturated carbocycles. The minimum Gasteiger partial charge on any atom is -0.445 e. The number of rotatable bonds is 37. The highest BCUT2D eigenvalue weighted by Gasteiger charge is 2.45. The number of hydrogen-bond acceptors (Lipinski definition) is 13. The van der Waals surface area contributed by atoms with Crippen LogP contribution in [0.25, 0.3) is 34.1 Å². The molecule has 0 radical (unpaired) electrons. The standard InChI is InChI=1S/C41H65NO7Si.C40H64O6Si/c1-14-15-16-28(3)38(48-40(42)44)32(7)39(49-50(12,13)41(8,9)10)31(6)24-27(2)23-30(5)37(46-26-45-11)29(4)17-18-33-19-21-35-34(25-33)20-22-36(43)47-35;1-14-15-16-28(3)37(42)32(7)39(46-47(12,13)40(8,9)10)31(6)24-27(2)23-30(5)38(44-26-43-11)29(4)17-18-33-19-21-35-34(25-33)20-22-36(41)45-35/h15-23,25,28-32,37-39H,14,24,26H2,1-13H3,(H2,42,44);15-23,25,28-32,37-39,42H,14,24,26H2,1-13H3/b2*16-15-,18-17-,27-23-/t2*28?,29?,30-,31-,32+,37-,38-,39+/m00/s1. The second-order valence-corrected chi connectivity index (χ2v) is 40.4. The minimum absolute atomic E-state index is 0.00997. The second kappa shape index (κ2) is 40.2. The van der Waals surface area contributed by atoms with Crippen molar-refractivity contribution in [2.45, 2.75) is 237 Å². The topological polar surface area (TPSA) is 188 Å². The van der Waals surface area contributed by atoms with Crippen molar-refractivity contribution in [2.75, 3.05) is 27.8 Å². The lowest BCUT2D eigenvalue weighted by Gasteiger charge is -2.44. The van der Waals surface area contributed by atoms with Gasteiger partial charge in [0.15, 0.2) is 16.6 Å². The Morgan fingerprint density at radius 1 is 0.526 bits per heavy atom. The maximum absolute atomic E-state index is 12.1. The smallest absolute Gasteiger partial charge is 0.404 e. The van der Waals surface area contributed by atoms with Crippen molar-refractivity contribution >= 4 is 56.8 Å². The van der Waals surface area contributed by atoms with Crippen molar-refractivity contribution in [3.63, 3.8) is 0 Å². The summed E-state index contributed by atoms with van der Waals surface area (Å²) in [7, 11) is -1.01. The summed E-state index contributed by atoms with van der Waals surface area (Å²) >= 11 is 0. The summed E-state index contributed by atoms with van der Waals surface area (Å²) in [5.74, 6) is 0.675. The molecule has 16 atom stereocenters. The van der Waals surface area contributed by atoms with Crippen LogP contribution in [0.3, 0.4) is 0 Å². The van der Waals surface area contributed by atoms with Gasteiger partial charge in [0.2, 0.25) is 0 Å². The molecule has 4 aromatic rings. The highest BCUT2D eigenvalue weighted by atomic mass is 28.4. The Morgan fingerprint density at radius 2 is 0.897 bits per heavy atom. The average Bonchev–Trinajstić information content (AvgIpc) is 0.828. The Hall–Kier alpha value is -5.28. The molecular formula is C81H129NO13Si2. The number of nitrogens with two attached hydrogens (primary N) is 1. The van der Waals surface area contributed by atoms with Crippen LogP contribution in [0.15, 0.2) is 139 Å². The Labute approximate surface area is 587 Å². The average molecular weight is 1380 g/mol. The quantitative estimate of drug-likeness (QED) is 0.0188. The van der Waals surface area contributed by atoms with Gasteiger partial charge in [-0.3, -0.25) is 0 Å².